The maximum absolute atomic E-state index is 11.6. The first-order valence-electron chi connectivity index (χ1n) is 7.15. The van der Waals surface area contributed by atoms with Gasteiger partial charge in [-0.1, -0.05) is 39.0 Å². The molecule has 4 heteroatoms. The van der Waals surface area contributed by atoms with Crippen LogP contribution >= 0.6 is 0 Å². The number of carboxylic acids is 1. The molecule has 0 heterocycles. The monoisotopic (exact) mass is 255 g/mol. The van der Waals surface area contributed by atoms with Gasteiger partial charge < -0.3 is 10.4 Å². The smallest absolute Gasteiger partial charge is 0.326 e. The van der Waals surface area contributed by atoms with Gasteiger partial charge in [-0.2, -0.15) is 0 Å². The number of carbonyl (C=O) groups excluding carboxylic acids is 1. The molecule has 4 nitrogen and oxygen atoms in total. The number of carboxylic acid groups (broad SMARTS) is 1. The minimum atomic E-state index is -0.930. The van der Waals surface area contributed by atoms with Crippen LogP contribution in [0.25, 0.3) is 0 Å². The molecular weight excluding hydrogens is 230 g/mol. The number of amides is 1. The molecule has 1 unspecified atom stereocenters. The summed E-state index contributed by atoms with van der Waals surface area (Å²) in [5, 5.41) is 11.5. The first-order chi connectivity index (χ1) is 8.63. The quantitative estimate of drug-likeness (QED) is 0.700. The number of nitrogens with one attached hydrogen (secondary N) is 1. The zero-order chi connectivity index (χ0) is 13.4. The van der Waals surface area contributed by atoms with Crippen molar-refractivity contribution < 1.29 is 14.7 Å². The van der Waals surface area contributed by atoms with E-state index < -0.39 is 12.0 Å². The molecule has 0 aromatic carbocycles. The molecule has 1 amide bonds. The van der Waals surface area contributed by atoms with Crippen LogP contribution in [0.3, 0.4) is 0 Å². The molecule has 0 aromatic rings. The molecule has 0 radical (unpaired) electrons. The maximum Gasteiger partial charge on any atom is 0.326 e. The van der Waals surface area contributed by atoms with E-state index in [4.69, 9.17) is 5.11 Å². The van der Waals surface area contributed by atoms with Crippen molar-refractivity contribution in [2.75, 3.05) is 0 Å². The number of rotatable bonds is 8. The molecule has 0 bridgehead atoms. The Morgan fingerprint density at radius 2 is 2.00 bits per heavy atom. The second-order valence-electron chi connectivity index (χ2n) is 5.29. The van der Waals surface area contributed by atoms with E-state index in [9.17, 15) is 9.59 Å². The van der Waals surface area contributed by atoms with Crippen molar-refractivity contribution in [3.8, 4) is 0 Å². The lowest BCUT2D eigenvalue weighted by Gasteiger charge is -2.14. The van der Waals surface area contributed by atoms with Crippen LogP contribution in [0.5, 0.6) is 0 Å². The maximum atomic E-state index is 11.6. The van der Waals surface area contributed by atoms with E-state index >= 15 is 0 Å². The van der Waals surface area contributed by atoms with Crippen LogP contribution in [0.2, 0.25) is 0 Å². The Balaban J connectivity index is 2.16. The summed E-state index contributed by atoms with van der Waals surface area (Å²) in [6.07, 6.45) is 8.98. The lowest BCUT2D eigenvalue weighted by atomic mass is 10.0. The highest BCUT2D eigenvalue weighted by Gasteiger charge is 2.19. The van der Waals surface area contributed by atoms with Gasteiger partial charge in [0.1, 0.15) is 6.04 Å². The molecule has 0 saturated heterocycles. The Morgan fingerprint density at radius 3 is 2.56 bits per heavy atom. The van der Waals surface area contributed by atoms with Gasteiger partial charge in [0.2, 0.25) is 5.91 Å². The summed E-state index contributed by atoms with van der Waals surface area (Å²) in [7, 11) is 0. The molecule has 18 heavy (non-hydrogen) atoms. The SMILES string of the molecule is CCCC(NC(=O)CCCC1CCCC1)C(=O)O. The lowest BCUT2D eigenvalue weighted by Crippen LogP contribution is -2.40. The lowest BCUT2D eigenvalue weighted by molar-refractivity contribution is -0.142. The van der Waals surface area contributed by atoms with Crippen molar-refractivity contribution in [1.29, 1.82) is 0 Å². The third kappa shape index (κ3) is 5.52. The van der Waals surface area contributed by atoms with Gasteiger partial charge in [0, 0.05) is 6.42 Å². The van der Waals surface area contributed by atoms with Crippen LogP contribution in [-0.4, -0.2) is 23.0 Å². The van der Waals surface area contributed by atoms with Gasteiger partial charge in [-0.3, -0.25) is 4.79 Å². The van der Waals surface area contributed by atoms with Gasteiger partial charge in [0.25, 0.3) is 0 Å². The summed E-state index contributed by atoms with van der Waals surface area (Å²) in [4.78, 5) is 22.5. The molecule has 1 atom stereocenters. The van der Waals surface area contributed by atoms with Crippen LogP contribution in [0.1, 0.15) is 64.7 Å². The van der Waals surface area contributed by atoms with Gasteiger partial charge in [-0.15, -0.1) is 0 Å². The highest BCUT2D eigenvalue weighted by atomic mass is 16.4. The normalized spacial score (nSPS) is 17.6. The van der Waals surface area contributed by atoms with Crippen LogP contribution < -0.4 is 5.32 Å². The minimum absolute atomic E-state index is 0.117. The Morgan fingerprint density at radius 1 is 1.33 bits per heavy atom. The molecule has 0 spiro atoms. The van der Waals surface area contributed by atoms with E-state index in [1.165, 1.54) is 25.7 Å². The Kier molecular flexibility index (Phi) is 6.76. The topological polar surface area (TPSA) is 66.4 Å². The van der Waals surface area contributed by atoms with E-state index in [0.717, 1.165) is 25.2 Å². The molecule has 2 N–H and O–H groups in total. The summed E-state index contributed by atoms with van der Waals surface area (Å²) < 4.78 is 0. The molecule has 1 aliphatic rings. The Labute approximate surface area is 109 Å². The summed E-state index contributed by atoms with van der Waals surface area (Å²) >= 11 is 0. The Bertz CT molecular complexity index is 272. The largest absolute Gasteiger partial charge is 0.480 e. The third-order valence-corrected chi connectivity index (χ3v) is 3.70. The van der Waals surface area contributed by atoms with Gasteiger partial charge in [0.15, 0.2) is 0 Å². The van der Waals surface area contributed by atoms with Gasteiger partial charge in [-0.05, 0) is 25.2 Å². The average Bonchev–Trinajstić information content (AvgIpc) is 2.81. The predicted molar refractivity (Wildman–Crippen MR) is 70.3 cm³/mol. The number of aliphatic carboxylic acids is 1. The van der Waals surface area contributed by atoms with Crippen molar-refractivity contribution in [3.05, 3.63) is 0 Å². The van der Waals surface area contributed by atoms with Crippen molar-refractivity contribution in [1.82, 2.24) is 5.32 Å². The zero-order valence-corrected chi connectivity index (χ0v) is 11.3. The van der Waals surface area contributed by atoms with Crippen molar-refractivity contribution in [2.45, 2.75) is 70.8 Å². The third-order valence-electron chi connectivity index (χ3n) is 3.70. The zero-order valence-electron chi connectivity index (χ0n) is 11.3. The fourth-order valence-corrected chi connectivity index (χ4v) is 2.66. The summed E-state index contributed by atoms with van der Waals surface area (Å²) in [6, 6.07) is -0.714. The highest BCUT2D eigenvalue weighted by molar-refractivity contribution is 5.83. The fourth-order valence-electron chi connectivity index (χ4n) is 2.66. The molecule has 1 rings (SSSR count). The minimum Gasteiger partial charge on any atom is -0.480 e. The van der Waals surface area contributed by atoms with Crippen molar-refractivity contribution in [3.63, 3.8) is 0 Å². The van der Waals surface area contributed by atoms with Crippen LogP contribution in [0.4, 0.5) is 0 Å². The highest BCUT2D eigenvalue weighted by Crippen LogP contribution is 2.28. The molecule has 1 saturated carbocycles. The number of hydrogen-bond donors (Lipinski definition) is 2. The molecule has 0 aromatic heterocycles. The molecule has 1 aliphatic carbocycles. The second-order valence-corrected chi connectivity index (χ2v) is 5.29. The summed E-state index contributed by atoms with van der Waals surface area (Å²) in [5.74, 6) is -0.251. The molecular formula is C14H25NO3. The number of carbonyl (C=O) groups is 2. The average molecular weight is 255 g/mol. The first kappa shape index (κ1) is 15.0. The standard InChI is InChI=1S/C14H25NO3/c1-2-6-12(14(17)18)15-13(16)10-5-9-11-7-3-4-8-11/h11-12H,2-10H2,1H3,(H,15,16)(H,17,18). The number of hydrogen-bond acceptors (Lipinski definition) is 2. The molecule has 104 valence electrons. The van der Waals surface area contributed by atoms with Gasteiger partial charge >= 0.3 is 5.97 Å². The predicted octanol–water partition coefficient (Wildman–Crippen LogP) is 2.72. The molecule has 1 fully saturated rings. The van der Waals surface area contributed by atoms with Crippen LogP contribution in [0, 0.1) is 5.92 Å². The van der Waals surface area contributed by atoms with E-state index in [1.54, 1.807) is 0 Å². The second kappa shape index (κ2) is 8.11. The van der Waals surface area contributed by atoms with E-state index in [1.807, 2.05) is 6.92 Å². The van der Waals surface area contributed by atoms with Crippen LogP contribution in [0.15, 0.2) is 0 Å². The molecule has 0 aliphatic heterocycles. The van der Waals surface area contributed by atoms with E-state index in [2.05, 4.69) is 5.32 Å². The van der Waals surface area contributed by atoms with E-state index in [0.29, 0.717) is 12.8 Å². The first-order valence-corrected chi connectivity index (χ1v) is 7.15. The van der Waals surface area contributed by atoms with Gasteiger partial charge in [-0.25, -0.2) is 4.79 Å². The van der Waals surface area contributed by atoms with Crippen LogP contribution in [-0.2, 0) is 9.59 Å². The summed E-state index contributed by atoms with van der Waals surface area (Å²) in [6.45, 7) is 1.92. The van der Waals surface area contributed by atoms with Crippen molar-refractivity contribution in [2.24, 2.45) is 5.92 Å². The van der Waals surface area contributed by atoms with Gasteiger partial charge in [0.05, 0.1) is 0 Å². The Hall–Kier alpha value is -1.06. The summed E-state index contributed by atoms with van der Waals surface area (Å²) in [5.41, 5.74) is 0. The fraction of sp³-hybridized carbons (Fsp3) is 0.857. The van der Waals surface area contributed by atoms with Crippen molar-refractivity contribution >= 4 is 11.9 Å². The van der Waals surface area contributed by atoms with E-state index in [-0.39, 0.29) is 5.91 Å².